The Labute approximate surface area is 132 Å². The van der Waals surface area contributed by atoms with E-state index in [2.05, 4.69) is 0 Å². The Morgan fingerprint density at radius 2 is 1.57 bits per heavy atom. The van der Waals surface area contributed by atoms with E-state index in [0.29, 0.717) is 31.2 Å². The van der Waals surface area contributed by atoms with Crippen LogP contribution in [0.2, 0.25) is 0 Å². The molecule has 0 saturated carbocycles. The Morgan fingerprint density at radius 1 is 1.10 bits per heavy atom. The first kappa shape index (κ1) is 18.8. The number of thiocarbonyl (C=S) groups is 1. The maximum Gasteiger partial charge on any atom is 0.215 e. The molecule has 124 valence electrons. The lowest BCUT2D eigenvalue weighted by atomic mass is 10.0. The number of hydrogen-bond acceptors (Lipinski definition) is 6. The van der Waals surface area contributed by atoms with Gasteiger partial charge in [-0.3, -0.25) is 4.90 Å². The van der Waals surface area contributed by atoms with Crippen molar-refractivity contribution >= 4 is 37.1 Å². The van der Waals surface area contributed by atoms with Gasteiger partial charge in [0.1, 0.15) is 9.84 Å². The second-order valence-electron chi connectivity index (χ2n) is 5.76. The fourth-order valence-electron chi connectivity index (χ4n) is 2.07. The van der Waals surface area contributed by atoms with E-state index in [1.807, 2.05) is 18.7 Å². The van der Waals surface area contributed by atoms with Crippen LogP contribution in [0.3, 0.4) is 0 Å². The molecule has 0 aliphatic carbocycles. The third-order valence-corrected chi connectivity index (χ3v) is 7.31. The first-order valence-corrected chi connectivity index (χ1v) is 10.6. The number of hydrogen-bond donors (Lipinski definition) is 1. The lowest BCUT2D eigenvalue weighted by molar-refractivity contribution is 0.123. The van der Waals surface area contributed by atoms with Crippen LogP contribution in [0.25, 0.3) is 0 Å². The van der Waals surface area contributed by atoms with E-state index in [-0.39, 0.29) is 11.5 Å². The van der Waals surface area contributed by atoms with Gasteiger partial charge in [0.2, 0.25) is 10.0 Å². The van der Waals surface area contributed by atoms with Crippen molar-refractivity contribution in [3.05, 3.63) is 0 Å². The fourth-order valence-corrected chi connectivity index (χ4v) is 5.23. The summed E-state index contributed by atoms with van der Waals surface area (Å²) < 4.78 is 47.8. The molecule has 1 fully saturated rings. The summed E-state index contributed by atoms with van der Waals surface area (Å²) in [5.41, 5.74) is 5.25. The van der Waals surface area contributed by atoms with Crippen LogP contribution in [-0.2, 0) is 19.9 Å². The Kier molecular flexibility index (Phi) is 5.76. The Bertz CT molecular complexity index is 590. The first-order chi connectivity index (χ1) is 9.36. The van der Waals surface area contributed by atoms with Gasteiger partial charge in [-0.25, -0.2) is 16.8 Å². The van der Waals surface area contributed by atoms with Crippen molar-refractivity contribution in [1.29, 1.82) is 0 Å². The topological polar surface area (TPSA) is 101 Å². The van der Waals surface area contributed by atoms with Gasteiger partial charge in [0.05, 0.1) is 22.0 Å². The van der Waals surface area contributed by atoms with E-state index in [1.54, 1.807) is 0 Å². The molecule has 0 aromatic heterocycles. The predicted molar refractivity (Wildman–Crippen MR) is 87.5 cm³/mol. The van der Waals surface area contributed by atoms with E-state index in [1.165, 1.54) is 4.31 Å². The molecule has 0 bridgehead atoms. The lowest BCUT2D eigenvalue weighted by Crippen LogP contribution is -2.60. The molecule has 0 unspecified atom stereocenters. The van der Waals surface area contributed by atoms with Crippen LogP contribution in [0.5, 0.6) is 0 Å². The number of nitrogens with two attached hydrogens (primary N) is 1. The van der Waals surface area contributed by atoms with Crippen LogP contribution < -0.4 is 5.73 Å². The van der Waals surface area contributed by atoms with E-state index >= 15 is 0 Å². The summed E-state index contributed by atoms with van der Waals surface area (Å²) in [6.07, 6.45) is 1.03. The molecule has 0 aromatic rings. The van der Waals surface area contributed by atoms with Gasteiger partial charge in [-0.2, -0.15) is 4.31 Å². The van der Waals surface area contributed by atoms with Gasteiger partial charge < -0.3 is 5.73 Å². The predicted octanol–water partition coefficient (Wildman–Crippen LogP) is -0.957. The van der Waals surface area contributed by atoms with Crippen LogP contribution in [0.15, 0.2) is 0 Å². The largest absolute Gasteiger partial charge is 0.392 e. The molecule has 0 amide bonds. The zero-order valence-electron chi connectivity index (χ0n) is 12.6. The zero-order chi connectivity index (χ0) is 16.5. The second kappa shape index (κ2) is 6.45. The molecule has 21 heavy (non-hydrogen) atoms. The third kappa shape index (κ3) is 5.13. The van der Waals surface area contributed by atoms with E-state index in [0.717, 1.165) is 6.26 Å². The highest BCUT2D eigenvalue weighted by Gasteiger charge is 2.35. The molecule has 7 nitrogen and oxygen atoms in total. The third-order valence-electron chi connectivity index (χ3n) is 3.74. The van der Waals surface area contributed by atoms with Crippen molar-refractivity contribution in [3.8, 4) is 0 Å². The molecule has 1 heterocycles. The van der Waals surface area contributed by atoms with Gasteiger partial charge >= 0.3 is 0 Å². The monoisotopic (exact) mass is 357 g/mol. The Balaban J connectivity index is 2.66. The molecule has 10 heteroatoms. The smallest absolute Gasteiger partial charge is 0.215 e. The van der Waals surface area contributed by atoms with Crippen molar-refractivity contribution in [2.24, 2.45) is 5.73 Å². The quantitative estimate of drug-likeness (QED) is 0.611. The summed E-state index contributed by atoms with van der Waals surface area (Å²) in [5.74, 6) is -0.724. The van der Waals surface area contributed by atoms with Crippen molar-refractivity contribution in [1.82, 2.24) is 9.21 Å². The summed E-state index contributed by atoms with van der Waals surface area (Å²) in [6.45, 7) is 5.48. The molecule has 1 saturated heterocycles. The Morgan fingerprint density at radius 3 is 1.95 bits per heavy atom. The molecule has 1 rings (SSSR count). The molecule has 0 aromatic carbocycles. The molecular weight excluding hydrogens is 334 g/mol. The molecule has 2 N–H and O–H groups in total. The number of rotatable bonds is 6. The van der Waals surface area contributed by atoms with Gasteiger partial charge in [-0.15, -0.1) is 0 Å². The van der Waals surface area contributed by atoms with E-state index in [9.17, 15) is 16.8 Å². The summed E-state index contributed by atoms with van der Waals surface area (Å²) in [6, 6.07) is 0. The van der Waals surface area contributed by atoms with E-state index in [4.69, 9.17) is 18.0 Å². The van der Waals surface area contributed by atoms with Crippen LogP contribution in [0.1, 0.15) is 13.8 Å². The number of nitrogens with zero attached hydrogens (tertiary/aromatic N) is 2. The molecule has 0 atom stereocenters. The second-order valence-corrected chi connectivity index (χ2v) is 10.5. The Hall–Kier alpha value is -0.290. The normalized spacial score (nSPS) is 19.6. The van der Waals surface area contributed by atoms with E-state index < -0.39 is 25.4 Å². The summed E-state index contributed by atoms with van der Waals surface area (Å²) in [4.78, 5) is 2.41. The van der Waals surface area contributed by atoms with Crippen molar-refractivity contribution < 1.29 is 16.8 Å². The summed E-state index contributed by atoms with van der Waals surface area (Å²) in [5, 5.41) is 0. The van der Waals surface area contributed by atoms with Gasteiger partial charge in [-0.1, -0.05) is 12.2 Å². The number of sulfonamides is 1. The van der Waals surface area contributed by atoms with Gasteiger partial charge in [0, 0.05) is 32.4 Å². The van der Waals surface area contributed by atoms with Crippen LogP contribution in [-0.4, -0.2) is 80.5 Å². The standard InChI is InChI=1S/C11H23N3O4S3/c1-11(2,10(12)19)13-4-6-14(7-5-13)21(17,18)9-8-20(3,15)16/h4-9H2,1-3H3,(H2,12,19). The highest BCUT2D eigenvalue weighted by Crippen LogP contribution is 2.19. The van der Waals surface area contributed by atoms with Crippen molar-refractivity contribution in [2.45, 2.75) is 19.4 Å². The van der Waals surface area contributed by atoms with Crippen LogP contribution in [0, 0.1) is 0 Å². The molecule has 1 aliphatic rings. The SMILES string of the molecule is CC(C)(C(N)=S)N1CCN(S(=O)(=O)CCS(C)(=O)=O)CC1. The first-order valence-electron chi connectivity index (χ1n) is 6.57. The van der Waals surface area contributed by atoms with Gasteiger partial charge in [-0.05, 0) is 13.8 Å². The zero-order valence-corrected chi connectivity index (χ0v) is 15.0. The van der Waals surface area contributed by atoms with Gasteiger partial charge in [0.25, 0.3) is 0 Å². The van der Waals surface area contributed by atoms with Crippen molar-refractivity contribution in [3.63, 3.8) is 0 Å². The highest BCUT2D eigenvalue weighted by atomic mass is 32.2. The number of piperazine rings is 1. The average Bonchev–Trinajstić information content (AvgIpc) is 2.36. The minimum Gasteiger partial charge on any atom is -0.392 e. The lowest BCUT2D eigenvalue weighted by Gasteiger charge is -2.43. The average molecular weight is 358 g/mol. The number of sulfone groups is 1. The highest BCUT2D eigenvalue weighted by molar-refractivity contribution is 7.93. The minimum atomic E-state index is -3.54. The maximum atomic E-state index is 12.1. The van der Waals surface area contributed by atoms with Crippen LogP contribution in [0.4, 0.5) is 0 Å². The molecule has 1 aliphatic heterocycles. The summed E-state index contributed by atoms with van der Waals surface area (Å²) >= 11 is 5.04. The van der Waals surface area contributed by atoms with Crippen LogP contribution >= 0.6 is 12.2 Å². The maximum absolute atomic E-state index is 12.1. The summed E-state index contributed by atoms with van der Waals surface area (Å²) in [7, 11) is -6.83. The van der Waals surface area contributed by atoms with Gasteiger partial charge in [0.15, 0.2) is 0 Å². The molecular formula is C11H23N3O4S3. The molecule has 0 radical (unpaired) electrons. The minimum absolute atomic E-state index is 0.318. The van der Waals surface area contributed by atoms with Crippen molar-refractivity contribution in [2.75, 3.05) is 43.9 Å². The molecule has 0 spiro atoms. The fraction of sp³-hybridized carbons (Fsp3) is 0.909.